The molecule has 84 valence electrons. The molecule has 5 heteroatoms. The Bertz CT molecular complexity index is 484. The fraction of sp³-hybridized carbons (Fsp3) is 0.182. The average Bonchev–Trinajstić information content (AvgIpc) is 2.68. The fourth-order valence-electron chi connectivity index (χ4n) is 1.36. The van der Waals surface area contributed by atoms with Gasteiger partial charge in [0, 0.05) is 11.1 Å². The molecule has 1 N–H and O–H groups in total. The van der Waals surface area contributed by atoms with Crippen molar-refractivity contribution in [3.05, 3.63) is 43.7 Å². The SMILES string of the molecule is CC(Nc1cccnc1Br)c1ccc(Br)s1. The van der Waals surface area contributed by atoms with E-state index >= 15 is 0 Å². The standard InChI is InChI=1S/C11H10Br2N2S/c1-7(9-4-5-10(12)16-9)15-8-3-2-6-14-11(8)13/h2-7,15H,1H3. The molecule has 0 saturated carbocycles. The van der Waals surface area contributed by atoms with Crippen LogP contribution in [-0.4, -0.2) is 4.98 Å². The van der Waals surface area contributed by atoms with Crippen molar-refractivity contribution in [2.45, 2.75) is 13.0 Å². The summed E-state index contributed by atoms with van der Waals surface area (Å²) in [6, 6.07) is 8.39. The maximum Gasteiger partial charge on any atom is 0.129 e. The molecule has 1 atom stereocenters. The zero-order chi connectivity index (χ0) is 11.5. The second-order valence-electron chi connectivity index (χ2n) is 3.35. The molecule has 0 aliphatic rings. The normalized spacial score (nSPS) is 12.4. The molecule has 0 bridgehead atoms. The summed E-state index contributed by atoms with van der Waals surface area (Å²) in [5.41, 5.74) is 1.01. The molecular formula is C11H10Br2N2S. The Morgan fingerprint density at radius 2 is 2.12 bits per heavy atom. The molecule has 2 heterocycles. The number of nitrogens with zero attached hydrogens (tertiary/aromatic N) is 1. The van der Waals surface area contributed by atoms with Crippen LogP contribution >= 0.6 is 43.2 Å². The predicted molar refractivity (Wildman–Crippen MR) is 76.0 cm³/mol. The van der Waals surface area contributed by atoms with Crippen LogP contribution in [0.3, 0.4) is 0 Å². The fourth-order valence-corrected chi connectivity index (χ4v) is 3.15. The monoisotopic (exact) mass is 360 g/mol. The molecule has 0 amide bonds. The number of thiophene rings is 1. The Balaban J connectivity index is 2.13. The van der Waals surface area contributed by atoms with E-state index in [1.165, 1.54) is 4.88 Å². The number of nitrogens with one attached hydrogen (secondary N) is 1. The van der Waals surface area contributed by atoms with E-state index in [-0.39, 0.29) is 6.04 Å². The highest BCUT2D eigenvalue weighted by atomic mass is 79.9. The van der Waals surface area contributed by atoms with Gasteiger partial charge in [-0.25, -0.2) is 4.98 Å². The molecule has 0 radical (unpaired) electrons. The van der Waals surface area contributed by atoms with E-state index < -0.39 is 0 Å². The van der Waals surface area contributed by atoms with E-state index in [0.29, 0.717) is 0 Å². The van der Waals surface area contributed by atoms with Crippen LogP contribution in [0.15, 0.2) is 38.9 Å². The third-order valence-corrected chi connectivity index (χ3v) is 4.59. The molecule has 1 unspecified atom stereocenters. The second-order valence-corrected chi connectivity index (χ2v) is 6.60. The summed E-state index contributed by atoms with van der Waals surface area (Å²) in [6.45, 7) is 2.14. The number of hydrogen-bond acceptors (Lipinski definition) is 3. The molecule has 16 heavy (non-hydrogen) atoms. The number of hydrogen-bond donors (Lipinski definition) is 1. The van der Waals surface area contributed by atoms with Gasteiger partial charge in [-0.2, -0.15) is 0 Å². The van der Waals surface area contributed by atoms with Crippen LogP contribution in [0.2, 0.25) is 0 Å². The first-order valence-corrected chi connectivity index (χ1v) is 7.19. The van der Waals surface area contributed by atoms with Gasteiger partial charge in [0.1, 0.15) is 4.60 Å². The first-order valence-electron chi connectivity index (χ1n) is 4.79. The van der Waals surface area contributed by atoms with E-state index in [9.17, 15) is 0 Å². The highest BCUT2D eigenvalue weighted by Gasteiger charge is 2.09. The van der Waals surface area contributed by atoms with Crippen molar-refractivity contribution in [1.82, 2.24) is 4.98 Å². The second kappa shape index (κ2) is 5.29. The smallest absolute Gasteiger partial charge is 0.129 e. The van der Waals surface area contributed by atoms with Crippen molar-refractivity contribution >= 4 is 48.9 Å². The topological polar surface area (TPSA) is 24.9 Å². The molecule has 0 aliphatic carbocycles. The molecule has 0 aromatic carbocycles. The van der Waals surface area contributed by atoms with E-state index in [4.69, 9.17) is 0 Å². The van der Waals surface area contributed by atoms with Crippen LogP contribution in [0.5, 0.6) is 0 Å². The lowest BCUT2D eigenvalue weighted by Crippen LogP contribution is -2.05. The Kier molecular flexibility index (Phi) is 4.00. The Morgan fingerprint density at radius 1 is 1.31 bits per heavy atom. The van der Waals surface area contributed by atoms with Crippen molar-refractivity contribution in [1.29, 1.82) is 0 Å². The summed E-state index contributed by atoms with van der Waals surface area (Å²) in [6.07, 6.45) is 1.77. The van der Waals surface area contributed by atoms with Gasteiger partial charge >= 0.3 is 0 Å². The Hall–Kier alpha value is -0.390. The lowest BCUT2D eigenvalue weighted by Gasteiger charge is -2.14. The lowest BCUT2D eigenvalue weighted by atomic mass is 10.2. The number of pyridine rings is 1. The van der Waals surface area contributed by atoms with Gasteiger partial charge in [-0.1, -0.05) is 0 Å². The van der Waals surface area contributed by atoms with Gasteiger partial charge in [-0.3, -0.25) is 0 Å². The van der Waals surface area contributed by atoms with Crippen molar-refractivity contribution in [3.63, 3.8) is 0 Å². The minimum Gasteiger partial charge on any atom is -0.376 e. The maximum atomic E-state index is 4.18. The predicted octanol–water partition coefficient (Wildman–Crippen LogP) is 4.84. The van der Waals surface area contributed by atoms with Crippen molar-refractivity contribution in [2.75, 3.05) is 5.32 Å². The van der Waals surface area contributed by atoms with Gasteiger partial charge in [0.05, 0.1) is 15.5 Å². The van der Waals surface area contributed by atoms with Crippen LogP contribution in [0.4, 0.5) is 5.69 Å². The molecule has 2 aromatic rings. The number of rotatable bonds is 3. The zero-order valence-corrected chi connectivity index (χ0v) is 12.6. The molecule has 0 aliphatic heterocycles. The van der Waals surface area contributed by atoms with Crippen LogP contribution in [0, 0.1) is 0 Å². The van der Waals surface area contributed by atoms with Gasteiger partial charge < -0.3 is 5.32 Å². The third kappa shape index (κ3) is 2.84. The van der Waals surface area contributed by atoms with Crippen LogP contribution in [0.25, 0.3) is 0 Å². The summed E-state index contributed by atoms with van der Waals surface area (Å²) in [7, 11) is 0. The van der Waals surface area contributed by atoms with Crippen LogP contribution < -0.4 is 5.32 Å². The van der Waals surface area contributed by atoms with Gasteiger partial charge in [0.15, 0.2) is 0 Å². The largest absolute Gasteiger partial charge is 0.376 e. The Labute approximate surface area is 115 Å². The molecule has 2 aromatic heterocycles. The summed E-state index contributed by atoms with van der Waals surface area (Å²) in [4.78, 5) is 5.47. The molecule has 0 saturated heterocycles. The number of halogens is 2. The van der Waals surface area contributed by atoms with E-state index in [1.807, 2.05) is 12.1 Å². The summed E-state index contributed by atoms with van der Waals surface area (Å²) in [5, 5.41) is 3.42. The highest BCUT2D eigenvalue weighted by Crippen LogP contribution is 2.30. The van der Waals surface area contributed by atoms with E-state index in [0.717, 1.165) is 14.1 Å². The van der Waals surface area contributed by atoms with Crippen LogP contribution in [-0.2, 0) is 0 Å². The van der Waals surface area contributed by atoms with Gasteiger partial charge in [-0.15, -0.1) is 11.3 Å². The zero-order valence-electron chi connectivity index (χ0n) is 8.58. The molecular weight excluding hydrogens is 352 g/mol. The highest BCUT2D eigenvalue weighted by molar-refractivity contribution is 9.11. The molecule has 2 nitrogen and oxygen atoms in total. The molecule has 2 rings (SSSR count). The lowest BCUT2D eigenvalue weighted by molar-refractivity contribution is 0.903. The van der Waals surface area contributed by atoms with Crippen molar-refractivity contribution in [2.24, 2.45) is 0 Å². The van der Waals surface area contributed by atoms with Gasteiger partial charge in [-0.05, 0) is 63.0 Å². The summed E-state index contributed by atoms with van der Waals surface area (Å²) in [5.74, 6) is 0. The van der Waals surface area contributed by atoms with E-state index in [1.54, 1.807) is 17.5 Å². The Morgan fingerprint density at radius 3 is 2.75 bits per heavy atom. The minimum absolute atomic E-state index is 0.275. The van der Waals surface area contributed by atoms with Crippen molar-refractivity contribution in [3.8, 4) is 0 Å². The van der Waals surface area contributed by atoms with Gasteiger partial charge in [0.2, 0.25) is 0 Å². The maximum absolute atomic E-state index is 4.18. The number of anilines is 1. The van der Waals surface area contributed by atoms with E-state index in [2.05, 4.69) is 61.2 Å². The first kappa shape index (κ1) is 12.1. The quantitative estimate of drug-likeness (QED) is 0.791. The summed E-state index contributed by atoms with van der Waals surface area (Å²) >= 11 is 8.63. The van der Waals surface area contributed by atoms with Crippen LogP contribution in [0.1, 0.15) is 17.8 Å². The van der Waals surface area contributed by atoms with Crippen molar-refractivity contribution < 1.29 is 0 Å². The first-order chi connectivity index (χ1) is 7.66. The molecule has 0 spiro atoms. The van der Waals surface area contributed by atoms with Gasteiger partial charge in [0.25, 0.3) is 0 Å². The summed E-state index contributed by atoms with van der Waals surface area (Å²) < 4.78 is 2.00. The minimum atomic E-state index is 0.275. The molecule has 0 fully saturated rings. The average molecular weight is 362 g/mol. The number of aromatic nitrogens is 1. The third-order valence-electron chi connectivity index (χ3n) is 2.15.